The summed E-state index contributed by atoms with van der Waals surface area (Å²) in [7, 11) is 9.87. The van der Waals surface area contributed by atoms with Crippen LogP contribution in [-0.2, 0) is 25.6 Å². The van der Waals surface area contributed by atoms with Crippen LogP contribution in [0.25, 0.3) is 0 Å². The van der Waals surface area contributed by atoms with Crippen LogP contribution in [0.1, 0.15) is 30.9 Å². The Hall–Kier alpha value is 0.113. The molecule has 2 unspecified atom stereocenters. The second kappa shape index (κ2) is 9.94. The van der Waals surface area contributed by atoms with Crippen LogP contribution >= 0.6 is 17.0 Å². The van der Waals surface area contributed by atoms with Crippen molar-refractivity contribution >= 4 is 23.2 Å². The normalized spacial score (nSPS) is 21.0. The summed E-state index contributed by atoms with van der Waals surface area (Å²) in [5, 5.41) is 9.85. The van der Waals surface area contributed by atoms with Gasteiger partial charge in [-0.25, -0.2) is 0 Å². The molecule has 0 amide bonds. The minimum absolute atomic E-state index is 0.259. The Morgan fingerprint density at radius 3 is 2.70 bits per heavy atom. The maximum absolute atomic E-state index is 9.85. The molecule has 0 aliphatic heterocycles. The molecule has 1 aliphatic rings. The van der Waals surface area contributed by atoms with Crippen LogP contribution in [0, 0.1) is 6.92 Å². The number of halogens is 2. The molecule has 110 valence electrons. The van der Waals surface area contributed by atoms with Gasteiger partial charge >= 0.3 is 37.9 Å². The van der Waals surface area contributed by atoms with Crippen molar-refractivity contribution < 1.29 is 30.7 Å². The number of phenols is 1. The molecule has 1 aliphatic carbocycles. The van der Waals surface area contributed by atoms with Gasteiger partial charge in [0.05, 0.1) is 12.1 Å². The van der Waals surface area contributed by atoms with E-state index >= 15 is 0 Å². The van der Waals surface area contributed by atoms with E-state index in [0.29, 0.717) is 5.75 Å². The number of nitrogens with zero attached hydrogens (tertiary/aromatic N) is 1. The summed E-state index contributed by atoms with van der Waals surface area (Å²) in [4.78, 5) is 4.49. The summed E-state index contributed by atoms with van der Waals surface area (Å²) >= 11 is -0.826. The summed E-state index contributed by atoms with van der Waals surface area (Å²) in [5.41, 5.74) is 1.66. The van der Waals surface area contributed by atoms with Gasteiger partial charge in [0.25, 0.3) is 0 Å². The zero-order valence-corrected chi connectivity index (χ0v) is 15.6. The molecule has 0 aromatic heterocycles. The minimum atomic E-state index is -0.826. The zero-order chi connectivity index (χ0) is 15.0. The molecule has 1 aromatic carbocycles. The van der Waals surface area contributed by atoms with Crippen molar-refractivity contribution in [2.75, 3.05) is 6.61 Å². The number of hydrogen-bond donors (Lipinski definition) is 1. The van der Waals surface area contributed by atoms with E-state index in [-0.39, 0.29) is 12.1 Å². The third-order valence-electron chi connectivity index (χ3n) is 3.23. The standard InChI is InChI=1S/C14H19NO2.2ClH.Zr/c1-3-17-13-8-7-12(13)15-9-11-6-4-5-10(2)14(11)16;;;/h4-6,9,12-13,16H,3,7-8H2,1-2H3;2*1H;/q;;;+2/p-2. The van der Waals surface area contributed by atoms with E-state index in [9.17, 15) is 5.11 Å². The van der Waals surface area contributed by atoms with Crippen LogP contribution in [0.15, 0.2) is 23.2 Å². The molecular formula is C14H19Cl2NO2Zr. The molecule has 1 saturated carbocycles. The predicted molar refractivity (Wildman–Crippen MR) is 80.6 cm³/mol. The number of hydrogen-bond acceptors (Lipinski definition) is 3. The van der Waals surface area contributed by atoms with Gasteiger partial charge in [-0.3, -0.25) is 4.99 Å². The van der Waals surface area contributed by atoms with E-state index in [1.54, 1.807) is 6.21 Å². The van der Waals surface area contributed by atoms with Crippen molar-refractivity contribution in [2.45, 2.75) is 38.8 Å². The second-order valence-corrected chi connectivity index (χ2v) is 8.23. The Balaban J connectivity index is 0.000000612. The van der Waals surface area contributed by atoms with Gasteiger partial charge in [0.15, 0.2) is 0 Å². The fraction of sp³-hybridized carbons (Fsp3) is 0.500. The van der Waals surface area contributed by atoms with Crippen LogP contribution in [0.5, 0.6) is 5.75 Å². The van der Waals surface area contributed by atoms with Crippen molar-refractivity contribution in [3.05, 3.63) is 29.3 Å². The van der Waals surface area contributed by atoms with Crippen molar-refractivity contribution in [2.24, 2.45) is 4.99 Å². The molecule has 20 heavy (non-hydrogen) atoms. The number of aromatic hydroxyl groups is 1. The average Bonchev–Trinajstić information content (AvgIpc) is 2.40. The molecule has 1 aromatic rings. The molecule has 2 atom stereocenters. The molecule has 0 saturated heterocycles. The van der Waals surface area contributed by atoms with Crippen LogP contribution in [-0.4, -0.2) is 30.1 Å². The molecule has 3 nitrogen and oxygen atoms in total. The number of aliphatic imine (C=N–C) groups is 1. The second-order valence-electron chi connectivity index (χ2n) is 4.50. The number of rotatable bonds is 4. The monoisotopic (exact) mass is 393 g/mol. The van der Waals surface area contributed by atoms with Crippen LogP contribution in [0.3, 0.4) is 0 Å². The third-order valence-corrected chi connectivity index (χ3v) is 3.23. The van der Waals surface area contributed by atoms with E-state index < -0.39 is 20.8 Å². The van der Waals surface area contributed by atoms with Crippen LogP contribution in [0.4, 0.5) is 0 Å². The Bertz CT molecular complexity index is 443. The maximum atomic E-state index is 9.85. The average molecular weight is 395 g/mol. The molecule has 2 rings (SSSR count). The van der Waals surface area contributed by atoms with Gasteiger partial charge < -0.3 is 9.84 Å². The first-order chi connectivity index (χ1) is 9.63. The van der Waals surface area contributed by atoms with Gasteiger partial charge in [0, 0.05) is 18.4 Å². The fourth-order valence-corrected chi connectivity index (χ4v) is 1.99. The Kier molecular flexibility index (Phi) is 9.03. The Labute approximate surface area is 139 Å². The molecular weight excluding hydrogens is 376 g/mol. The molecule has 0 radical (unpaired) electrons. The first-order valence-corrected chi connectivity index (χ1v) is 12.9. The van der Waals surface area contributed by atoms with Gasteiger partial charge in [-0.1, -0.05) is 12.1 Å². The Morgan fingerprint density at radius 1 is 1.45 bits per heavy atom. The summed E-state index contributed by atoms with van der Waals surface area (Å²) in [5.74, 6) is 0.323. The van der Waals surface area contributed by atoms with E-state index in [2.05, 4.69) is 4.99 Å². The summed E-state index contributed by atoms with van der Waals surface area (Å²) in [6.07, 6.45) is 4.20. The van der Waals surface area contributed by atoms with Gasteiger partial charge in [-0.15, -0.1) is 0 Å². The summed E-state index contributed by atoms with van der Waals surface area (Å²) in [6, 6.07) is 5.95. The van der Waals surface area contributed by atoms with E-state index in [4.69, 9.17) is 21.8 Å². The van der Waals surface area contributed by atoms with Crippen molar-refractivity contribution in [3.63, 3.8) is 0 Å². The van der Waals surface area contributed by atoms with Crippen molar-refractivity contribution in [3.8, 4) is 5.75 Å². The van der Waals surface area contributed by atoms with Crippen molar-refractivity contribution in [1.29, 1.82) is 0 Å². The van der Waals surface area contributed by atoms with Crippen LogP contribution < -0.4 is 0 Å². The number of ether oxygens (including phenoxy) is 1. The van der Waals surface area contributed by atoms with E-state index in [0.717, 1.165) is 30.6 Å². The van der Waals surface area contributed by atoms with Crippen molar-refractivity contribution in [1.82, 2.24) is 0 Å². The topological polar surface area (TPSA) is 41.8 Å². The van der Waals surface area contributed by atoms with E-state index in [1.165, 1.54) is 0 Å². The molecule has 6 heteroatoms. The molecule has 0 heterocycles. The first-order valence-electron chi connectivity index (χ1n) is 6.53. The SMILES string of the molecule is CCOC1CCC1N=Cc1cccc(C)c1O.[Cl][Zr][Cl]. The molecule has 1 N–H and O–H groups in total. The molecule has 0 bridgehead atoms. The number of aryl methyl sites for hydroxylation is 1. The number of benzene rings is 1. The van der Waals surface area contributed by atoms with Gasteiger partial charge in [0.2, 0.25) is 0 Å². The van der Waals surface area contributed by atoms with Gasteiger partial charge in [0.1, 0.15) is 5.75 Å². The first kappa shape index (κ1) is 18.2. The quantitative estimate of drug-likeness (QED) is 0.781. The Morgan fingerprint density at radius 2 is 2.15 bits per heavy atom. The predicted octanol–water partition coefficient (Wildman–Crippen LogP) is 4.06. The molecule has 1 fully saturated rings. The zero-order valence-electron chi connectivity index (χ0n) is 11.6. The third kappa shape index (κ3) is 5.48. The van der Waals surface area contributed by atoms with Crippen LogP contribution in [0.2, 0.25) is 0 Å². The fourth-order valence-electron chi connectivity index (χ4n) is 1.99. The molecule has 0 spiro atoms. The van der Waals surface area contributed by atoms with Gasteiger partial charge in [-0.05, 0) is 38.3 Å². The van der Waals surface area contributed by atoms with E-state index in [1.807, 2.05) is 32.0 Å². The number of para-hydroxylation sites is 1. The summed E-state index contributed by atoms with van der Waals surface area (Å²) in [6.45, 7) is 4.64. The number of phenolic OH excluding ortho intramolecular Hbond substituents is 1. The van der Waals surface area contributed by atoms with Gasteiger partial charge in [-0.2, -0.15) is 0 Å². The summed E-state index contributed by atoms with van der Waals surface area (Å²) < 4.78 is 5.56.